The number of nitrogens with two attached hydrogens (primary N) is 2. The van der Waals surface area contributed by atoms with E-state index in [1.54, 1.807) is 31.3 Å². The Labute approximate surface area is 159 Å². The topological polar surface area (TPSA) is 126 Å². The third-order valence-electron chi connectivity index (χ3n) is 5.44. The molecule has 0 bridgehead atoms. The number of benzene rings is 1. The molecule has 8 heteroatoms. The first-order valence-electron chi connectivity index (χ1n) is 9.33. The molecule has 0 unspecified atom stereocenters. The van der Waals surface area contributed by atoms with Crippen LogP contribution in [0.5, 0.6) is 0 Å². The molecule has 0 aromatic heterocycles. The fourth-order valence-electron chi connectivity index (χ4n) is 4.06. The minimum absolute atomic E-state index is 0.0591. The molecule has 1 aliphatic carbocycles. The Hall–Kier alpha value is -2.77. The summed E-state index contributed by atoms with van der Waals surface area (Å²) in [6.45, 7) is 1.84. The van der Waals surface area contributed by atoms with Crippen LogP contribution in [0.3, 0.4) is 0 Å². The molecule has 0 saturated heterocycles. The number of rotatable bonds is 4. The number of carbonyl (C=O) groups excluding carboxylic acids is 2. The van der Waals surface area contributed by atoms with Gasteiger partial charge in [-0.2, -0.15) is 0 Å². The van der Waals surface area contributed by atoms with E-state index in [1.807, 2.05) is 6.92 Å². The molecule has 1 aromatic rings. The first-order chi connectivity index (χ1) is 12.8. The number of nitrogens with one attached hydrogen (secondary N) is 2. The van der Waals surface area contributed by atoms with Gasteiger partial charge in [0.15, 0.2) is 5.96 Å². The minimum atomic E-state index is -0.794. The van der Waals surface area contributed by atoms with Gasteiger partial charge in [0, 0.05) is 24.5 Å². The number of hydrogen-bond acceptors (Lipinski definition) is 5. The number of anilines is 2. The lowest BCUT2D eigenvalue weighted by Gasteiger charge is -2.33. The largest absolute Gasteiger partial charge is 0.399 e. The average Bonchev–Trinajstić information content (AvgIpc) is 2.80. The third-order valence-corrected chi connectivity index (χ3v) is 5.44. The van der Waals surface area contributed by atoms with Crippen molar-refractivity contribution in [1.82, 2.24) is 10.2 Å². The van der Waals surface area contributed by atoms with Crippen molar-refractivity contribution in [2.45, 2.75) is 50.6 Å². The van der Waals surface area contributed by atoms with Gasteiger partial charge in [-0.3, -0.25) is 9.69 Å². The quantitative estimate of drug-likeness (QED) is 0.602. The molecule has 0 radical (unpaired) electrons. The predicted octanol–water partition coefficient (Wildman–Crippen LogP) is 1.88. The second kappa shape index (κ2) is 7.46. The Kier molecular flexibility index (Phi) is 5.25. The summed E-state index contributed by atoms with van der Waals surface area (Å²) >= 11 is 0. The molecule has 146 valence electrons. The highest BCUT2D eigenvalue weighted by atomic mass is 16.2. The number of carbonyl (C=O) groups is 2. The summed E-state index contributed by atoms with van der Waals surface area (Å²) in [5.74, 6) is 0.532. The van der Waals surface area contributed by atoms with Gasteiger partial charge in [0.05, 0.1) is 0 Å². The number of hydrogen-bond donors (Lipinski definition) is 4. The Morgan fingerprint density at radius 1 is 1.30 bits per heavy atom. The van der Waals surface area contributed by atoms with Gasteiger partial charge in [-0.15, -0.1) is 0 Å². The minimum Gasteiger partial charge on any atom is -0.399 e. The van der Waals surface area contributed by atoms with E-state index in [0.717, 1.165) is 25.7 Å². The van der Waals surface area contributed by atoms with E-state index in [4.69, 9.17) is 11.5 Å². The molecular weight excluding hydrogens is 344 g/mol. The van der Waals surface area contributed by atoms with Crippen molar-refractivity contribution in [1.29, 1.82) is 0 Å². The van der Waals surface area contributed by atoms with E-state index in [9.17, 15) is 9.59 Å². The maximum absolute atomic E-state index is 12.4. The van der Waals surface area contributed by atoms with E-state index < -0.39 is 5.54 Å². The summed E-state index contributed by atoms with van der Waals surface area (Å²) in [4.78, 5) is 30.5. The second-order valence-electron chi connectivity index (χ2n) is 7.76. The van der Waals surface area contributed by atoms with Crippen LogP contribution < -0.4 is 22.1 Å². The molecule has 3 atom stereocenters. The summed E-state index contributed by atoms with van der Waals surface area (Å²) in [7, 11) is 1.65. The summed E-state index contributed by atoms with van der Waals surface area (Å²) in [6, 6.07) is 6.88. The van der Waals surface area contributed by atoms with Crippen molar-refractivity contribution in [3.05, 3.63) is 24.3 Å². The normalized spacial score (nSPS) is 28.0. The van der Waals surface area contributed by atoms with Crippen molar-refractivity contribution >= 4 is 29.3 Å². The fraction of sp³-hybridized carbons (Fsp3) is 0.526. The van der Waals surface area contributed by atoms with Crippen LogP contribution in [0.4, 0.5) is 16.2 Å². The lowest BCUT2D eigenvalue weighted by atomic mass is 9.78. The van der Waals surface area contributed by atoms with Crippen LogP contribution >= 0.6 is 0 Å². The highest BCUT2D eigenvalue weighted by Gasteiger charge is 2.44. The first kappa shape index (κ1) is 19.0. The summed E-state index contributed by atoms with van der Waals surface area (Å²) < 4.78 is 0. The highest BCUT2D eigenvalue weighted by Crippen LogP contribution is 2.35. The first-order valence-corrected chi connectivity index (χ1v) is 9.33. The van der Waals surface area contributed by atoms with Crippen molar-refractivity contribution < 1.29 is 9.59 Å². The molecule has 1 fully saturated rings. The molecule has 8 nitrogen and oxygen atoms in total. The molecule has 1 aliphatic heterocycles. The molecule has 3 rings (SSSR count). The number of urea groups is 1. The van der Waals surface area contributed by atoms with Gasteiger partial charge in [0.1, 0.15) is 5.54 Å². The maximum atomic E-state index is 12.4. The molecular formula is C19H28N6O2. The molecule has 1 saturated carbocycles. The molecule has 0 spiro atoms. The molecule has 1 heterocycles. The van der Waals surface area contributed by atoms with E-state index in [1.165, 1.54) is 4.90 Å². The van der Waals surface area contributed by atoms with Crippen LogP contribution in [0.15, 0.2) is 29.3 Å². The lowest BCUT2D eigenvalue weighted by Crippen LogP contribution is -2.44. The van der Waals surface area contributed by atoms with E-state index in [2.05, 4.69) is 15.6 Å². The Balaban J connectivity index is 1.54. The molecule has 2 aliphatic rings. The highest BCUT2D eigenvalue weighted by molar-refractivity contribution is 6.06. The summed E-state index contributed by atoms with van der Waals surface area (Å²) in [6.07, 6.45) is 4.45. The Morgan fingerprint density at radius 3 is 2.63 bits per heavy atom. The molecule has 1 aromatic carbocycles. The van der Waals surface area contributed by atoms with Crippen molar-refractivity contribution in [3.63, 3.8) is 0 Å². The Bertz CT molecular complexity index is 747. The van der Waals surface area contributed by atoms with E-state index in [0.29, 0.717) is 23.7 Å². The van der Waals surface area contributed by atoms with Crippen LogP contribution in [-0.4, -0.2) is 41.4 Å². The van der Waals surface area contributed by atoms with Gasteiger partial charge in [-0.1, -0.05) is 12.8 Å². The number of nitrogen functional groups attached to an aromatic ring is 1. The van der Waals surface area contributed by atoms with Gasteiger partial charge < -0.3 is 22.1 Å². The zero-order valence-electron chi connectivity index (χ0n) is 15.9. The zero-order chi connectivity index (χ0) is 19.6. The van der Waals surface area contributed by atoms with Crippen molar-refractivity contribution in [2.75, 3.05) is 18.1 Å². The average molecular weight is 372 g/mol. The SMILES string of the molecule is CN1C(=O)[C@@](C)(C[C@H]2CCC[C@@H](NC(=O)Nc3ccc(N)cc3)C2)N=C1N. The molecule has 3 amide bonds. The summed E-state index contributed by atoms with van der Waals surface area (Å²) in [5.41, 5.74) is 12.0. The number of likely N-dealkylation sites (N-methyl/N-ethyl adjacent to an activating group) is 1. The van der Waals surface area contributed by atoms with Crippen LogP contribution in [-0.2, 0) is 4.79 Å². The number of amides is 3. The predicted molar refractivity (Wildman–Crippen MR) is 106 cm³/mol. The maximum Gasteiger partial charge on any atom is 0.319 e. The van der Waals surface area contributed by atoms with E-state index in [-0.39, 0.29) is 23.9 Å². The number of nitrogens with zero attached hydrogens (tertiary/aromatic N) is 2. The van der Waals surface area contributed by atoms with Crippen molar-refractivity contribution in [3.8, 4) is 0 Å². The van der Waals surface area contributed by atoms with Crippen LogP contribution in [0.1, 0.15) is 39.0 Å². The van der Waals surface area contributed by atoms with Crippen LogP contribution in [0.2, 0.25) is 0 Å². The molecule has 6 N–H and O–H groups in total. The van der Waals surface area contributed by atoms with Gasteiger partial charge in [-0.05, 0) is 56.4 Å². The van der Waals surface area contributed by atoms with Crippen LogP contribution in [0.25, 0.3) is 0 Å². The van der Waals surface area contributed by atoms with Gasteiger partial charge in [0.25, 0.3) is 5.91 Å². The standard InChI is InChI=1S/C19H28N6O2/c1-19(16(26)25(2)17(21)24-19)11-12-4-3-5-15(10-12)23-18(27)22-14-8-6-13(20)7-9-14/h6-9,12,15H,3-5,10-11,20H2,1-2H3,(H2,21,24)(H2,22,23,27)/t12-,15+,19+/m0/s1. The molecule has 27 heavy (non-hydrogen) atoms. The number of aliphatic imine (C=N–C) groups is 1. The third kappa shape index (κ3) is 4.32. The zero-order valence-corrected chi connectivity index (χ0v) is 15.9. The number of guanidine groups is 1. The van der Waals surface area contributed by atoms with Gasteiger partial charge in [0.2, 0.25) is 0 Å². The fourth-order valence-corrected chi connectivity index (χ4v) is 4.06. The van der Waals surface area contributed by atoms with Crippen molar-refractivity contribution in [2.24, 2.45) is 16.6 Å². The lowest BCUT2D eigenvalue weighted by molar-refractivity contribution is -0.130. The Morgan fingerprint density at radius 2 is 2.00 bits per heavy atom. The monoisotopic (exact) mass is 372 g/mol. The van der Waals surface area contributed by atoms with E-state index >= 15 is 0 Å². The van der Waals surface area contributed by atoms with Gasteiger partial charge >= 0.3 is 6.03 Å². The van der Waals surface area contributed by atoms with Gasteiger partial charge in [-0.25, -0.2) is 9.79 Å². The second-order valence-corrected chi connectivity index (χ2v) is 7.76. The summed E-state index contributed by atoms with van der Waals surface area (Å²) in [5, 5.41) is 5.87. The van der Waals surface area contributed by atoms with Crippen LogP contribution in [0, 0.1) is 5.92 Å². The smallest absolute Gasteiger partial charge is 0.319 e.